The molecule has 0 saturated heterocycles. The minimum absolute atomic E-state index is 0.651. The van der Waals surface area contributed by atoms with Crippen molar-refractivity contribution in [3.63, 3.8) is 0 Å². The number of nitrogens with one attached hydrogen (secondary N) is 1. The van der Waals surface area contributed by atoms with E-state index in [4.69, 9.17) is 0 Å². The molecule has 0 bridgehead atoms. The lowest BCUT2D eigenvalue weighted by Crippen LogP contribution is -2.36. The van der Waals surface area contributed by atoms with Crippen LogP contribution in [0.1, 0.15) is 40.5 Å². The van der Waals surface area contributed by atoms with Gasteiger partial charge in [0.1, 0.15) is 0 Å². The average Bonchev–Trinajstić information content (AvgIpc) is 2.23. The van der Waals surface area contributed by atoms with Gasteiger partial charge in [-0.25, -0.2) is 0 Å². The molecule has 0 rings (SSSR count). The van der Waals surface area contributed by atoms with Crippen molar-refractivity contribution in [3.05, 3.63) is 12.7 Å². The van der Waals surface area contributed by atoms with Crippen LogP contribution in [0.3, 0.4) is 0 Å². The molecule has 0 heterocycles. The first-order valence-corrected chi connectivity index (χ1v) is 6.67. The standard InChI is InChI=1S/C14H30N2/c1-6-10-16(11-7-2)14(5)8-9-15-12-13(3)4/h6,13-15H,1,7-12H2,2-5H3. The van der Waals surface area contributed by atoms with Crippen LogP contribution >= 0.6 is 0 Å². The van der Waals surface area contributed by atoms with Crippen molar-refractivity contribution in [3.8, 4) is 0 Å². The van der Waals surface area contributed by atoms with E-state index in [0.717, 1.165) is 25.6 Å². The van der Waals surface area contributed by atoms with Crippen molar-refractivity contribution in [2.24, 2.45) is 5.92 Å². The number of hydrogen-bond donors (Lipinski definition) is 1. The zero-order valence-electron chi connectivity index (χ0n) is 11.6. The van der Waals surface area contributed by atoms with Crippen LogP contribution < -0.4 is 5.32 Å². The maximum absolute atomic E-state index is 3.83. The molecule has 0 aromatic carbocycles. The van der Waals surface area contributed by atoms with E-state index in [9.17, 15) is 0 Å². The van der Waals surface area contributed by atoms with Gasteiger partial charge in [-0.3, -0.25) is 4.90 Å². The van der Waals surface area contributed by atoms with Crippen LogP contribution in [0.2, 0.25) is 0 Å². The predicted octanol–water partition coefficient (Wildman–Crippen LogP) is 2.91. The van der Waals surface area contributed by atoms with Crippen LogP contribution in [0.4, 0.5) is 0 Å². The van der Waals surface area contributed by atoms with E-state index in [0.29, 0.717) is 6.04 Å². The summed E-state index contributed by atoms with van der Waals surface area (Å²) in [6.07, 6.45) is 4.45. The topological polar surface area (TPSA) is 15.3 Å². The lowest BCUT2D eigenvalue weighted by molar-refractivity contribution is 0.220. The second-order valence-corrected chi connectivity index (χ2v) is 5.02. The van der Waals surface area contributed by atoms with Crippen LogP contribution in [0.5, 0.6) is 0 Å². The molecule has 0 aliphatic heterocycles. The molecule has 16 heavy (non-hydrogen) atoms. The molecule has 0 spiro atoms. The van der Waals surface area contributed by atoms with Gasteiger partial charge in [0.2, 0.25) is 0 Å². The van der Waals surface area contributed by atoms with Gasteiger partial charge in [0, 0.05) is 12.6 Å². The third-order valence-electron chi connectivity index (χ3n) is 2.79. The molecule has 1 unspecified atom stereocenters. The summed E-state index contributed by atoms with van der Waals surface area (Å²) in [6.45, 7) is 17.3. The zero-order chi connectivity index (χ0) is 12.4. The Balaban J connectivity index is 3.72. The predicted molar refractivity (Wildman–Crippen MR) is 73.8 cm³/mol. The molecule has 0 fully saturated rings. The molecule has 96 valence electrons. The SMILES string of the molecule is C=CCN(CCC)C(C)CCNCC(C)C. The van der Waals surface area contributed by atoms with Gasteiger partial charge in [0.25, 0.3) is 0 Å². The fraction of sp³-hybridized carbons (Fsp3) is 0.857. The average molecular weight is 226 g/mol. The third-order valence-corrected chi connectivity index (χ3v) is 2.79. The smallest absolute Gasteiger partial charge is 0.0163 e. The molecular weight excluding hydrogens is 196 g/mol. The van der Waals surface area contributed by atoms with Gasteiger partial charge in [-0.2, -0.15) is 0 Å². The van der Waals surface area contributed by atoms with Gasteiger partial charge in [0.05, 0.1) is 0 Å². The van der Waals surface area contributed by atoms with Gasteiger partial charge in [-0.15, -0.1) is 6.58 Å². The van der Waals surface area contributed by atoms with Crippen LogP contribution in [-0.4, -0.2) is 37.1 Å². The second-order valence-electron chi connectivity index (χ2n) is 5.02. The minimum Gasteiger partial charge on any atom is -0.316 e. The summed E-state index contributed by atoms with van der Waals surface area (Å²) in [4.78, 5) is 2.50. The molecule has 1 atom stereocenters. The summed E-state index contributed by atoms with van der Waals surface area (Å²) >= 11 is 0. The summed E-state index contributed by atoms with van der Waals surface area (Å²) in [5.41, 5.74) is 0. The fourth-order valence-corrected chi connectivity index (χ4v) is 1.83. The molecular formula is C14H30N2. The van der Waals surface area contributed by atoms with Gasteiger partial charge in [0.15, 0.2) is 0 Å². The first kappa shape index (κ1) is 15.7. The number of hydrogen-bond acceptors (Lipinski definition) is 2. The molecule has 0 saturated carbocycles. The highest BCUT2D eigenvalue weighted by Gasteiger charge is 2.10. The van der Waals surface area contributed by atoms with Crippen LogP contribution in [-0.2, 0) is 0 Å². The Morgan fingerprint density at radius 3 is 2.50 bits per heavy atom. The Hall–Kier alpha value is -0.340. The van der Waals surface area contributed by atoms with Crippen molar-refractivity contribution in [1.29, 1.82) is 0 Å². The highest BCUT2D eigenvalue weighted by Crippen LogP contribution is 2.04. The summed E-state index contributed by atoms with van der Waals surface area (Å²) < 4.78 is 0. The number of rotatable bonds is 10. The monoisotopic (exact) mass is 226 g/mol. The third kappa shape index (κ3) is 7.89. The van der Waals surface area contributed by atoms with Gasteiger partial charge in [-0.05, 0) is 45.3 Å². The maximum Gasteiger partial charge on any atom is 0.0163 e. The van der Waals surface area contributed by atoms with Gasteiger partial charge in [-0.1, -0.05) is 26.8 Å². The molecule has 2 heteroatoms. The molecule has 0 aliphatic carbocycles. The van der Waals surface area contributed by atoms with E-state index in [2.05, 4.69) is 44.5 Å². The normalized spacial score (nSPS) is 13.4. The van der Waals surface area contributed by atoms with E-state index in [1.807, 2.05) is 6.08 Å². The Bertz CT molecular complexity index is 166. The van der Waals surface area contributed by atoms with Crippen LogP contribution in [0, 0.1) is 5.92 Å². The van der Waals surface area contributed by atoms with E-state index in [1.165, 1.54) is 19.4 Å². The largest absolute Gasteiger partial charge is 0.316 e. The van der Waals surface area contributed by atoms with Crippen LogP contribution in [0.15, 0.2) is 12.7 Å². The maximum atomic E-state index is 3.83. The van der Waals surface area contributed by atoms with Crippen molar-refractivity contribution in [2.45, 2.75) is 46.6 Å². The molecule has 0 radical (unpaired) electrons. The molecule has 1 N–H and O–H groups in total. The first-order chi connectivity index (χ1) is 7.61. The van der Waals surface area contributed by atoms with Crippen LogP contribution in [0.25, 0.3) is 0 Å². The van der Waals surface area contributed by atoms with E-state index >= 15 is 0 Å². The Morgan fingerprint density at radius 1 is 1.31 bits per heavy atom. The van der Waals surface area contributed by atoms with Gasteiger partial charge < -0.3 is 5.32 Å². The zero-order valence-corrected chi connectivity index (χ0v) is 11.6. The number of nitrogens with zero attached hydrogens (tertiary/aromatic N) is 1. The van der Waals surface area contributed by atoms with Gasteiger partial charge >= 0.3 is 0 Å². The van der Waals surface area contributed by atoms with Crippen molar-refractivity contribution in [2.75, 3.05) is 26.2 Å². The molecule has 0 aromatic rings. The quantitative estimate of drug-likeness (QED) is 0.455. The summed E-state index contributed by atoms with van der Waals surface area (Å²) in [7, 11) is 0. The minimum atomic E-state index is 0.651. The highest BCUT2D eigenvalue weighted by molar-refractivity contribution is 4.77. The second kappa shape index (κ2) is 9.86. The van der Waals surface area contributed by atoms with Crippen molar-refractivity contribution >= 4 is 0 Å². The van der Waals surface area contributed by atoms with E-state index < -0.39 is 0 Å². The molecule has 0 aromatic heterocycles. The Labute approximate surface area is 102 Å². The first-order valence-electron chi connectivity index (χ1n) is 6.67. The summed E-state index contributed by atoms with van der Waals surface area (Å²) in [5, 5.41) is 3.50. The Morgan fingerprint density at radius 2 is 2.00 bits per heavy atom. The van der Waals surface area contributed by atoms with Crippen molar-refractivity contribution in [1.82, 2.24) is 10.2 Å². The summed E-state index contributed by atoms with van der Waals surface area (Å²) in [6, 6.07) is 0.651. The highest BCUT2D eigenvalue weighted by atomic mass is 15.1. The van der Waals surface area contributed by atoms with E-state index in [1.54, 1.807) is 0 Å². The van der Waals surface area contributed by atoms with E-state index in [-0.39, 0.29) is 0 Å². The molecule has 0 amide bonds. The fourth-order valence-electron chi connectivity index (χ4n) is 1.83. The van der Waals surface area contributed by atoms with Crippen molar-refractivity contribution < 1.29 is 0 Å². The lowest BCUT2D eigenvalue weighted by Gasteiger charge is -2.27. The lowest BCUT2D eigenvalue weighted by atomic mass is 10.1. The summed E-state index contributed by atoms with van der Waals surface area (Å²) in [5.74, 6) is 0.746. The Kier molecular flexibility index (Phi) is 9.65. The molecule has 2 nitrogen and oxygen atoms in total. The molecule has 0 aliphatic rings.